The van der Waals surface area contributed by atoms with Crippen molar-refractivity contribution >= 4 is 29.4 Å². The maximum absolute atomic E-state index is 14.0. The third-order valence-electron chi connectivity index (χ3n) is 5.53. The summed E-state index contributed by atoms with van der Waals surface area (Å²) in [6.45, 7) is 2.65. The Morgan fingerprint density at radius 3 is 2.54 bits per heavy atom. The van der Waals surface area contributed by atoms with Gasteiger partial charge < -0.3 is 19.5 Å². The molecule has 2 aromatic rings. The zero-order chi connectivity index (χ0) is 25.4. The lowest BCUT2D eigenvalue weighted by atomic mass is 10.0. The van der Waals surface area contributed by atoms with Crippen molar-refractivity contribution in [1.29, 1.82) is 0 Å². The van der Waals surface area contributed by atoms with Crippen LogP contribution in [0.2, 0.25) is 5.02 Å². The summed E-state index contributed by atoms with van der Waals surface area (Å²) in [5.74, 6) is -0.409. The monoisotopic (exact) mass is 506 g/mol. The van der Waals surface area contributed by atoms with Crippen molar-refractivity contribution in [3.8, 4) is 11.5 Å². The average molecular weight is 507 g/mol. The maximum atomic E-state index is 14.0. The largest absolute Gasteiger partial charge is 0.493 e. The summed E-state index contributed by atoms with van der Waals surface area (Å²) in [5.41, 5.74) is 1.40. The molecule has 8 nitrogen and oxygen atoms in total. The molecule has 1 heterocycles. The van der Waals surface area contributed by atoms with Crippen LogP contribution in [0.1, 0.15) is 43.4 Å². The van der Waals surface area contributed by atoms with Crippen LogP contribution >= 0.6 is 11.6 Å². The second-order valence-electron chi connectivity index (χ2n) is 7.89. The molecular formula is C25H28ClFN2O6. The van der Waals surface area contributed by atoms with Crippen LogP contribution in [0.15, 0.2) is 36.4 Å². The summed E-state index contributed by atoms with van der Waals surface area (Å²) < 4.78 is 30.2. The lowest BCUT2D eigenvalue weighted by Gasteiger charge is -2.20. The Balaban J connectivity index is 1.65. The van der Waals surface area contributed by atoms with Gasteiger partial charge in [-0.25, -0.2) is 4.39 Å². The predicted octanol–water partition coefficient (Wildman–Crippen LogP) is 3.80. The third-order valence-corrected chi connectivity index (χ3v) is 5.84. The zero-order valence-electron chi connectivity index (χ0n) is 19.6. The van der Waals surface area contributed by atoms with Crippen molar-refractivity contribution in [2.45, 2.75) is 38.8 Å². The number of methoxy groups -OCH3 is 1. The van der Waals surface area contributed by atoms with E-state index in [9.17, 15) is 18.8 Å². The highest BCUT2D eigenvalue weighted by Gasteiger charge is 2.28. The number of rotatable bonds is 12. The molecular weight excluding hydrogens is 479 g/mol. The fraction of sp³-hybridized carbons (Fsp3) is 0.400. The molecule has 1 saturated heterocycles. The molecule has 35 heavy (non-hydrogen) atoms. The molecule has 1 N–H and O–H groups in total. The number of carbonyl (C=O) groups excluding carboxylic acids is 3. The van der Waals surface area contributed by atoms with Crippen molar-refractivity contribution in [1.82, 2.24) is 10.2 Å². The molecule has 3 rings (SSSR count). The summed E-state index contributed by atoms with van der Waals surface area (Å²) in [6, 6.07) is 9.23. The molecule has 0 spiro atoms. The van der Waals surface area contributed by atoms with E-state index in [0.29, 0.717) is 23.6 Å². The summed E-state index contributed by atoms with van der Waals surface area (Å²) in [6.07, 6.45) is 0.495. The number of nitrogens with zero attached hydrogens (tertiary/aromatic N) is 1. The van der Waals surface area contributed by atoms with Gasteiger partial charge in [0.2, 0.25) is 11.8 Å². The molecule has 0 bridgehead atoms. The normalized spacial score (nSPS) is 14.2. The van der Waals surface area contributed by atoms with E-state index in [-0.39, 0.29) is 55.9 Å². The molecule has 1 atom stereocenters. The number of esters is 1. The minimum absolute atomic E-state index is 0.00224. The molecule has 1 aliphatic heterocycles. The van der Waals surface area contributed by atoms with Gasteiger partial charge in [-0.15, -0.1) is 0 Å². The number of amides is 2. The number of likely N-dealkylation sites (tertiary alicyclic amines) is 1. The Bertz CT molecular complexity index is 1060. The van der Waals surface area contributed by atoms with Crippen LogP contribution in [0.3, 0.4) is 0 Å². The van der Waals surface area contributed by atoms with Gasteiger partial charge in [0, 0.05) is 25.4 Å². The zero-order valence-corrected chi connectivity index (χ0v) is 20.4. The molecule has 188 valence electrons. The van der Waals surface area contributed by atoms with Gasteiger partial charge >= 0.3 is 5.97 Å². The second-order valence-corrected chi connectivity index (χ2v) is 8.30. The van der Waals surface area contributed by atoms with Crippen molar-refractivity contribution in [3.05, 3.63) is 58.4 Å². The van der Waals surface area contributed by atoms with Gasteiger partial charge in [-0.1, -0.05) is 23.7 Å². The minimum Gasteiger partial charge on any atom is -0.493 e. The lowest BCUT2D eigenvalue weighted by Crippen LogP contribution is -2.33. The van der Waals surface area contributed by atoms with Crippen LogP contribution in [0.25, 0.3) is 0 Å². The quantitative estimate of drug-likeness (QED) is 0.345. The average Bonchev–Trinajstić information content (AvgIpc) is 3.16. The summed E-state index contributed by atoms with van der Waals surface area (Å²) in [7, 11) is 1.51. The molecule has 1 aliphatic rings. The first kappa shape index (κ1) is 26.4. The number of nitrogens with one attached hydrogen (secondary N) is 1. The number of hydrogen-bond donors (Lipinski definition) is 1. The van der Waals surface area contributed by atoms with Crippen LogP contribution in [-0.4, -0.2) is 49.6 Å². The molecule has 0 aliphatic carbocycles. The van der Waals surface area contributed by atoms with Crippen LogP contribution in [-0.2, 0) is 25.7 Å². The van der Waals surface area contributed by atoms with Crippen molar-refractivity contribution in [2.24, 2.45) is 0 Å². The van der Waals surface area contributed by atoms with E-state index in [1.165, 1.54) is 24.1 Å². The van der Waals surface area contributed by atoms with Crippen molar-refractivity contribution in [2.75, 3.05) is 26.9 Å². The molecule has 2 aromatic carbocycles. The number of ether oxygens (including phenoxy) is 3. The van der Waals surface area contributed by atoms with Crippen LogP contribution in [0, 0.1) is 5.82 Å². The lowest BCUT2D eigenvalue weighted by molar-refractivity contribution is -0.144. The van der Waals surface area contributed by atoms with E-state index in [2.05, 4.69) is 5.32 Å². The number of imide groups is 1. The highest BCUT2D eigenvalue weighted by molar-refractivity contribution is 6.30. The number of halogens is 2. The highest BCUT2D eigenvalue weighted by Crippen LogP contribution is 2.29. The van der Waals surface area contributed by atoms with E-state index in [1.807, 2.05) is 6.07 Å². The fourth-order valence-corrected chi connectivity index (χ4v) is 3.84. The number of carbonyl (C=O) groups is 3. The standard InChI is InChI=1S/C25H28ClFN2O6/c1-3-34-25(32)14-20(17-5-6-18(26)19(27)13-17)28-15-16-4-7-21(22(12-16)33-2)35-11-10-29-23(30)8-9-24(29)31/h4-7,12-13,20,28H,3,8-11,14-15H2,1-2H3. The Hall–Kier alpha value is -3.17. The molecule has 1 fully saturated rings. The SMILES string of the molecule is CCOC(=O)CC(NCc1ccc(OCCN2C(=O)CCC2=O)c(OC)c1)c1ccc(Cl)c(F)c1. The first-order valence-electron chi connectivity index (χ1n) is 11.3. The Morgan fingerprint density at radius 1 is 1.14 bits per heavy atom. The van der Waals surface area contributed by atoms with Gasteiger partial charge in [0.05, 0.1) is 31.7 Å². The predicted molar refractivity (Wildman–Crippen MR) is 127 cm³/mol. The summed E-state index contributed by atoms with van der Waals surface area (Å²) in [5, 5.41) is 3.26. The highest BCUT2D eigenvalue weighted by atomic mass is 35.5. The minimum atomic E-state index is -0.569. The van der Waals surface area contributed by atoms with Gasteiger partial charge in [-0.3, -0.25) is 19.3 Å². The van der Waals surface area contributed by atoms with E-state index in [4.69, 9.17) is 25.8 Å². The van der Waals surface area contributed by atoms with Gasteiger partial charge in [0.15, 0.2) is 11.5 Å². The smallest absolute Gasteiger partial charge is 0.307 e. The van der Waals surface area contributed by atoms with E-state index < -0.39 is 17.8 Å². The van der Waals surface area contributed by atoms with Crippen molar-refractivity contribution < 1.29 is 33.0 Å². The molecule has 0 radical (unpaired) electrons. The third kappa shape index (κ3) is 7.16. The molecule has 0 saturated carbocycles. The fourth-order valence-electron chi connectivity index (χ4n) is 3.72. The van der Waals surface area contributed by atoms with E-state index in [0.717, 1.165) is 5.56 Å². The number of hydrogen-bond acceptors (Lipinski definition) is 7. The Morgan fingerprint density at radius 2 is 1.89 bits per heavy atom. The number of benzene rings is 2. The Kier molecular flexibility index (Phi) is 9.45. The van der Waals surface area contributed by atoms with Gasteiger partial charge in [-0.05, 0) is 42.3 Å². The molecule has 10 heteroatoms. The van der Waals surface area contributed by atoms with Crippen LogP contribution in [0.5, 0.6) is 11.5 Å². The topological polar surface area (TPSA) is 94.2 Å². The van der Waals surface area contributed by atoms with Crippen LogP contribution in [0.4, 0.5) is 4.39 Å². The van der Waals surface area contributed by atoms with Gasteiger partial charge in [-0.2, -0.15) is 0 Å². The van der Waals surface area contributed by atoms with Gasteiger partial charge in [0.25, 0.3) is 0 Å². The summed E-state index contributed by atoms with van der Waals surface area (Å²) >= 11 is 5.80. The van der Waals surface area contributed by atoms with Crippen molar-refractivity contribution in [3.63, 3.8) is 0 Å². The first-order valence-corrected chi connectivity index (χ1v) is 11.7. The second kappa shape index (κ2) is 12.5. The first-order chi connectivity index (χ1) is 16.8. The molecule has 1 unspecified atom stereocenters. The summed E-state index contributed by atoms with van der Waals surface area (Å²) in [4.78, 5) is 36.8. The van der Waals surface area contributed by atoms with Gasteiger partial charge in [0.1, 0.15) is 12.4 Å². The van der Waals surface area contributed by atoms with E-state index in [1.54, 1.807) is 25.1 Å². The maximum Gasteiger partial charge on any atom is 0.307 e. The molecule has 0 aromatic heterocycles. The molecule has 2 amide bonds. The Labute approximate surface area is 208 Å². The van der Waals surface area contributed by atoms with E-state index >= 15 is 0 Å². The van der Waals surface area contributed by atoms with Crippen LogP contribution < -0.4 is 14.8 Å².